The lowest BCUT2D eigenvalue weighted by atomic mass is 10.1. The van der Waals surface area contributed by atoms with Crippen LogP contribution in [0.25, 0.3) is 0 Å². The van der Waals surface area contributed by atoms with Crippen LogP contribution in [-0.4, -0.2) is 43.2 Å². The first-order valence-corrected chi connectivity index (χ1v) is 4.88. The van der Waals surface area contributed by atoms with Crippen LogP contribution in [0.15, 0.2) is 0 Å². The van der Waals surface area contributed by atoms with Gasteiger partial charge in [-0.2, -0.15) is 0 Å². The Morgan fingerprint density at radius 2 is 2.50 bits per heavy atom. The van der Waals surface area contributed by atoms with Crippen molar-refractivity contribution in [3.63, 3.8) is 0 Å². The molecular weight excluding hydrogens is 186 g/mol. The number of ether oxygens (including phenoxy) is 2. The Labute approximate surface area is 83.4 Å². The zero-order chi connectivity index (χ0) is 10.4. The molecule has 2 N–H and O–H groups in total. The predicted octanol–water partition coefficient (Wildman–Crippen LogP) is 0.272. The molecule has 1 rings (SSSR count). The summed E-state index contributed by atoms with van der Waals surface area (Å²) in [5, 5.41) is 11.2. The lowest BCUT2D eigenvalue weighted by Gasteiger charge is -2.27. The van der Waals surface area contributed by atoms with E-state index in [0.29, 0.717) is 6.61 Å². The fraction of sp³-hybridized carbons (Fsp3) is 0.889. The monoisotopic (exact) mass is 203 g/mol. The molecule has 14 heavy (non-hydrogen) atoms. The van der Waals surface area contributed by atoms with E-state index in [1.165, 1.54) is 0 Å². The van der Waals surface area contributed by atoms with Crippen LogP contribution in [0.5, 0.6) is 0 Å². The number of hydrogen-bond acceptors (Lipinski definition) is 4. The van der Waals surface area contributed by atoms with Gasteiger partial charge < -0.3 is 19.9 Å². The summed E-state index contributed by atoms with van der Waals surface area (Å²) in [6.45, 7) is 2.56. The second-order valence-electron chi connectivity index (χ2n) is 3.41. The standard InChI is InChI=1S/C9H17NO4/c1-7-6-8(2-4-13-7)10-9(12)14-5-3-11/h7-8,11H,2-6H2,1H3,(H,10,12). The Kier molecular flexibility index (Phi) is 4.69. The Morgan fingerprint density at radius 1 is 1.71 bits per heavy atom. The van der Waals surface area contributed by atoms with Gasteiger partial charge in [-0.05, 0) is 19.8 Å². The van der Waals surface area contributed by atoms with Crippen LogP contribution in [0.3, 0.4) is 0 Å². The van der Waals surface area contributed by atoms with Gasteiger partial charge in [0, 0.05) is 12.6 Å². The summed E-state index contributed by atoms with van der Waals surface area (Å²) in [5.74, 6) is 0. The average molecular weight is 203 g/mol. The molecule has 2 atom stereocenters. The van der Waals surface area contributed by atoms with Crippen LogP contribution in [-0.2, 0) is 9.47 Å². The number of hydrogen-bond donors (Lipinski definition) is 2. The predicted molar refractivity (Wildman–Crippen MR) is 50.0 cm³/mol. The van der Waals surface area contributed by atoms with Crippen molar-refractivity contribution in [2.45, 2.75) is 31.9 Å². The Morgan fingerprint density at radius 3 is 3.14 bits per heavy atom. The average Bonchev–Trinajstić information content (AvgIpc) is 2.15. The molecule has 1 heterocycles. The highest BCUT2D eigenvalue weighted by molar-refractivity contribution is 5.67. The van der Waals surface area contributed by atoms with Gasteiger partial charge in [0.15, 0.2) is 0 Å². The van der Waals surface area contributed by atoms with Gasteiger partial charge in [-0.25, -0.2) is 4.79 Å². The summed E-state index contributed by atoms with van der Waals surface area (Å²) in [6.07, 6.45) is 1.36. The number of rotatable bonds is 3. The molecule has 0 aliphatic carbocycles. The van der Waals surface area contributed by atoms with Crippen molar-refractivity contribution in [1.29, 1.82) is 0 Å². The van der Waals surface area contributed by atoms with Crippen molar-refractivity contribution in [1.82, 2.24) is 5.32 Å². The van der Waals surface area contributed by atoms with Crippen LogP contribution >= 0.6 is 0 Å². The Balaban J connectivity index is 2.18. The SMILES string of the molecule is CC1CC(NC(=O)OCCO)CCO1. The van der Waals surface area contributed by atoms with E-state index in [1.807, 2.05) is 6.92 Å². The highest BCUT2D eigenvalue weighted by Gasteiger charge is 2.21. The summed E-state index contributed by atoms with van der Waals surface area (Å²) < 4.78 is 10.0. The Bertz CT molecular complexity index is 186. The van der Waals surface area contributed by atoms with Gasteiger partial charge in [-0.15, -0.1) is 0 Å². The molecular formula is C9H17NO4. The van der Waals surface area contributed by atoms with Gasteiger partial charge in [0.25, 0.3) is 0 Å². The largest absolute Gasteiger partial charge is 0.447 e. The van der Waals surface area contributed by atoms with E-state index in [9.17, 15) is 4.79 Å². The third-order valence-corrected chi connectivity index (χ3v) is 2.13. The minimum Gasteiger partial charge on any atom is -0.447 e. The molecule has 1 saturated heterocycles. The first-order chi connectivity index (χ1) is 6.72. The smallest absolute Gasteiger partial charge is 0.407 e. The molecule has 1 amide bonds. The van der Waals surface area contributed by atoms with Crippen molar-refractivity contribution in [3.8, 4) is 0 Å². The molecule has 5 nitrogen and oxygen atoms in total. The number of aliphatic hydroxyl groups is 1. The van der Waals surface area contributed by atoms with E-state index in [2.05, 4.69) is 10.1 Å². The first kappa shape index (κ1) is 11.3. The van der Waals surface area contributed by atoms with Crippen molar-refractivity contribution in [2.75, 3.05) is 19.8 Å². The molecule has 1 fully saturated rings. The topological polar surface area (TPSA) is 67.8 Å². The summed E-state index contributed by atoms with van der Waals surface area (Å²) in [4.78, 5) is 11.1. The quantitative estimate of drug-likeness (QED) is 0.691. The van der Waals surface area contributed by atoms with Crippen LogP contribution in [0, 0.1) is 0 Å². The van der Waals surface area contributed by atoms with Crippen molar-refractivity contribution < 1.29 is 19.4 Å². The molecule has 0 radical (unpaired) electrons. The second kappa shape index (κ2) is 5.82. The molecule has 1 aliphatic rings. The summed E-state index contributed by atoms with van der Waals surface area (Å²) >= 11 is 0. The van der Waals surface area contributed by atoms with Crippen molar-refractivity contribution in [2.24, 2.45) is 0 Å². The minimum absolute atomic E-state index is 0.0462. The molecule has 82 valence electrons. The van der Waals surface area contributed by atoms with Crippen LogP contribution in [0.1, 0.15) is 19.8 Å². The maximum absolute atomic E-state index is 11.1. The van der Waals surface area contributed by atoms with E-state index in [0.717, 1.165) is 12.8 Å². The lowest BCUT2D eigenvalue weighted by Crippen LogP contribution is -2.41. The highest BCUT2D eigenvalue weighted by Crippen LogP contribution is 2.12. The summed E-state index contributed by atoms with van der Waals surface area (Å²) in [7, 11) is 0. The van der Waals surface area contributed by atoms with Crippen molar-refractivity contribution >= 4 is 6.09 Å². The van der Waals surface area contributed by atoms with E-state index in [1.54, 1.807) is 0 Å². The molecule has 0 aromatic rings. The summed E-state index contributed by atoms with van der Waals surface area (Å²) in [5.41, 5.74) is 0. The van der Waals surface area contributed by atoms with Gasteiger partial charge in [0.05, 0.1) is 12.7 Å². The number of nitrogens with one attached hydrogen (secondary N) is 1. The maximum atomic E-state index is 11.1. The third kappa shape index (κ3) is 3.93. The molecule has 5 heteroatoms. The molecule has 2 unspecified atom stereocenters. The zero-order valence-electron chi connectivity index (χ0n) is 8.36. The fourth-order valence-electron chi connectivity index (χ4n) is 1.48. The van der Waals surface area contributed by atoms with Crippen molar-refractivity contribution in [3.05, 3.63) is 0 Å². The van der Waals surface area contributed by atoms with Crippen LogP contribution in [0.4, 0.5) is 4.79 Å². The number of aliphatic hydroxyl groups excluding tert-OH is 1. The van der Waals surface area contributed by atoms with E-state index in [-0.39, 0.29) is 25.4 Å². The normalized spacial score (nSPS) is 27.0. The first-order valence-electron chi connectivity index (χ1n) is 4.88. The molecule has 0 aromatic carbocycles. The zero-order valence-corrected chi connectivity index (χ0v) is 8.36. The molecule has 1 aliphatic heterocycles. The van der Waals surface area contributed by atoms with E-state index < -0.39 is 6.09 Å². The van der Waals surface area contributed by atoms with E-state index >= 15 is 0 Å². The molecule has 0 aromatic heterocycles. The van der Waals surface area contributed by atoms with Crippen LogP contribution in [0.2, 0.25) is 0 Å². The van der Waals surface area contributed by atoms with Gasteiger partial charge in [0.1, 0.15) is 6.61 Å². The summed E-state index contributed by atoms with van der Waals surface area (Å²) in [6, 6.07) is 0.130. The molecule has 0 bridgehead atoms. The number of amides is 1. The number of carbonyl (C=O) groups is 1. The number of alkyl carbamates (subject to hydrolysis) is 1. The van der Waals surface area contributed by atoms with Gasteiger partial charge in [-0.3, -0.25) is 0 Å². The molecule has 0 spiro atoms. The number of carbonyl (C=O) groups excluding carboxylic acids is 1. The third-order valence-electron chi connectivity index (χ3n) is 2.13. The van der Waals surface area contributed by atoms with E-state index in [4.69, 9.17) is 9.84 Å². The minimum atomic E-state index is -0.460. The van der Waals surface area contributed by atoms with Gasteiger partial charge in [-0.1, -0.05) is 0 Å². The van der Waals surface area contributed by atoms with Gasteiger partial charge in [0.2, 0.25) is 0 Å². The molecule has 0 saturated carbocycles. The lowest BCUT2D eigenvalue weighted by molar-refractivity contribution is 0.0125. The highest BCUT2D eigenvalue weighted by atomic mass is 16.6. The fourth-order valence-corrected chi connectivity index (χ4v) is 1.48. The van der Waals surface area contributed by atoms with Crippen LogP contribution < -0.4 is 5.32 Å². The Hall–Kier alpha value is -0.810. The van der Waals surface area contributed by atoms with Gasteiger partial charge >= 0.3 is 6.09 Å². The second-order valence-corrected chi connectivity index (χ2v) is 3.41. The maximum Gasteiger partial charge on any atom is 0.407 e.